The Hall–Kier alpha value is -1.11. The minimum atomic E-state index is -0.256. The molecule has 0 N–H and O–H groups in total. The van der Waals surface area contributed by atoms with Crippen molar-refractivity contribution in [1.29, 1.82) is 0 Å². The average Bonchev–Trinajstić information content (AvgIpc) is 2.37. The molecular formula is C13H18O. The summed E-state index contributed by atoms with van der Waals surface area (Å²) in [5.74, 6) is 0. The summed E-state index contributed by atoms with van der Waals surface area (Å²) in [5, 5.41) is 0. The highest BCUT2D eigenvalue weighted by molar-refractivity contribution is 5.64. The number of rotatable bonds is 3. The van der Waals surface area contributed by atoms with Crippen molar-refractivity contribution in [3.05, 3.63) is 36.5 Å². The molecule has 0 saturated heterocycles. The first-order valence-corrected chi connectivity index (χ1v) is 4.94. The third-order valence-corrected chi connectivity index (χ3v) is 3.57. The molecule has 1 aliphatic rings. The molecule has 0 fully saturated rings. The first-order valence-electron chi connectivity index (χ1n) is 4.94. The fourth-order valence-electron chi connectivity index (χ4n) is 1.81. The summed E-state index contributed by atoms with van der Waals surface area (Å²) >= 11 is 0. The molecule has 0 aromatic rings. The molecule has 0 aliphatic heterocycles. The van der Waals surface area contributed by atoms with Crippen LogP contribution in [0.5, 0.6) is 0 Å². The maximum atomic E-state index is 11.1. The normalized spacial score (nSPS) is 30.4. The van der Waals surface area contributed by atoms with Crippen LogP contribution in [-0.2, 0) is 4.79 Å². The Morgan fingerprint density at radius 1 is 1.43 bits per heavy atom. The van der Waals surface area contributed by atoms with Gasteiger partial charge in [-0.15, -0.1) is 0 Å². The Kier molecular flexibility index (Phi) is 2.79. The lowest BCUT2D eigenvalue weighted by molar-refractivity contribution is -0.118. The van der Waals surface area contributed by atoms with Gasteiger partial charge in [-0.2, -0.15) is 0 Å². The minimum absolute atomic E-state index is 0.0751. The fraction of sp³-hybridized carbons (Fsp3) is 0.462. The van der Waals surface area contributed by atoms with Gasteiger partial charge in [-0.25, -0.2) is 0 Å². The van der Waals surface area contributed by atoms with E-state index in [0.717, 1.165) is 12.7 Å². The second-order valence-corrected chi connectivity index (χ2v) is 4.62. The second kappa shape index (κ2) is 3.56. The predicted molar refractivity (Wildman–Crippen MR) is 60.0 cm³/mol. The molecule has 0 bridgehead atoms. The van der Waals surface area contributed by atoms with Crippen LogP contribution in [0.1, 0.15) is 27.2 Å². The molecule has 76 valence electrons. The van der Waals surface area contributed by atoms with Gasteiger partial charge in [0.1, 0.15) is 6.29 Å². The Morgan fingerprint density at radius 2 is 2.07 bits per heavy atom. The van der Waals surface area contributed by atoms with Gasteiger partial charge in [0.05, 0.1) is 0 Å². The van der Waals surface area contributed by atoms with E-state index < -0.39 is 0 Å². The van der Waals surface area contributed by atoms with Gasteiger partial charge in [-0.3, -0.25) is 0 Å². The quantitative estimate of drug-likeness (QED) is 0.493. The molecular weight excluding hydrogens is 172 g/mol. The van der Waals surface area contributed by atoms with Crippen molar-refractivity contribution in [3.8, 4) is 0 Å². The second-order valence-electron chi connectivity index (χ2n) is 4.62. The summed E-state index contributed by atoms with van der Waals surface area (Å²) in [4.78, 5) is 11.1. The standard InChI is InChI=1S/C13H18O/c1-5-6-7-11-8-9-13(4,10-14)12(11,2)3/h5-8,10H,1,9H2,2-4H3/b7-6+/t13-/m0/s1. The highest BCUT2D eigenvalue weighted by Gasteiger charge is 2.45. The van der Waals surface area contributed by atoms with E-state index in [2.05, 4.69) is 26.5 Å². The van der Waals surface area contributed by atoms with E-state index in [1.807, 2.05) is 19.1 Å². The fourth-order valence-corrected chi connectivity index (χ4v) is 1.81. The van der Waals surface area contributed by atoms with Gasteiger partial charge < -0.3 is 4.79 Å². The minimum Gasteiger partial charge on any atom is -0.303 e. The van der Waals surface area contributed by atoms with Gasteiger partial charge in [0, 0.05) is 10.8 Å². The molecule has 0 unspecified atom stereocenters. The van der Waals surface area contributed by atoms with Crippen LogP contribution in [0.25, 0.3) is 0 Å². The molecule has 0 spiro atoms. The van der Waals surface area contributed by atoms with E-state index in [9.17, 15) is 4.79 Å². The third-order valence-electron chi connectivity index (χ3n) is 3.57. The van der Waals surface area contributed by atoms with Crippen LogP contribution < -0.4 is 0 Å². The van der Waals surface area contributed by atoms with Crippen molar-refractivity contribution >= 4 is 6.29 Å². The van der Waals surface area contributed by atoms with Crippen molar-refractivity contribution in [2.24, 2.45) is 10.8 Å². The van der Waals surface area contributed by atoms with Crippen molar-refractivity contribution in [3.63, 3.8) is 0 Å². The van der Waals surface area contributed by atoms with Crippen LogP contribution >= 0.6 is 0 Å². The van der Waals surface area contributed by atoms with Gasteiger partial charge in [-0.05, 0) is 12.0 Å². The van der Waals surface area contributed by atoms with Gasteiger partial charge >= 0.3 is 0 Å². The van der Waals surface area contributed by atoms with Gasteiger partial charge in [0.2, 0.25) is 0 Å². The van der Waals surface area contributed by atoms with E-state index in [1.54, 1.807) is 6.08 Å². The van der Waals surface area contributed by atoms with Crippen molar-refractivity contribution in [2.75, 3.05) is 0 Å². The summed E-state index contributed by atoms with van der Waals surface area (Å²) in [5.41, 5.74) is 0.897. The van der Waals surface area contributed by atoms with E-state index >= 15 is 0 Å². The Bertz CT molecular complexity index is 307. The van der Waals surface area contributed by atoms with Crippen molar-refractivity contribution in [1.82, 2.24) is 0 Å². The van der Waals surface area contributed by atoms with E-state index in [4.69, 9.17) is 0 Å². The zero-order valence-electron chi connectivity index (χ0n) is 9.21. The molecule has 1 nitrogen and oxygen atoms in total. The highest BCUT2D eigenvalue weighted by Crippen LogP contribution is 2.51. The molecule has 0 aromatic heterocycles. The average molecular weight is 190 g/mol. The van der Waals surface area contributed by atoms with Crippen LogP contribution in [0.4, 0.5) is 0 Å². The zero-order chi connectivity index (χ0) is 10.8. The largest absolute Gasteiger partial charge is 0.303 e. The van der Waals surface area contributed by atoms with Crippen LogP contribution in [-0.4, -0.2) is 6.29 Å². The number of carbonyl (C=O) groups is 1. The van der Waals surface area contributed by atoms with Crippen LogP contribution in [0.3, 0.4) is 0 Å². The highest BCUT2D eigenvalue weighted by atomic mass is 16.1. The topological polar surface area (TPSA) is 17.1 Å². The molecule has 0 amide bonds. The summed E-state index contributed by atoms with van der Waals surface area (Å²) in [6.07, 6.45) is 9.78. The molecule has 0 heterocycles. The number of allylic oxidation sites excluding steroid dienone is 5. The maximum absolute atomic E-state index is 11.1. The van der Waals surface area contributed by atoms with E-state index in [0.29, 0.717) is 0 Å². The van der Waals surface area contributed by atoms with Gasteiger partial charge in [0.15, 0.2) is 0 Å². The van der Waals surface area contributed by atoms with Crippen molar-refractivity contribution in [2.45, 2.75) is 27.2 Å². The lowest BCUT2D eigenvalue weighted by Gasteiger charge is -2.35. The van der Waals surface area contributed by atoms with E-state index in [-0.39, 0.29) is 10.8 Å². The molecule has 0 saturated carbocycles. The zero-order valence-corrected chi connectivity index (χ0v) is 9.21. The summed E-state index contributed by atoms with van der Waals surface area (Å²) < 4.78 is 0. The molecule has 14 heavy (non-hydrogen) atoms. The number of aldehydes is 1. The number of carbonyl (C=O) groups excluding carboxylic acids is 1. The molecule has 0 aromatic carbocycles. The molecule has 0 radical (unpaired) electrons. The van der Waals surface area contributed by atoms with Crippen molar-refractivity contribution < 1.29 is 4.79 Å². The Morgan fingerprint density at radius 3 is 2.50 bits per heavy atom. The van der Waals surface area contributed by atoms with Gasteiger partial charge in [-0.1, -0.05) is 51.7 Å². The van der Waals surface area contributed by atoms with Crippen LogP contribution in [0.15, 0.2) is 36.5 Å². The Labute approximate surface area is 86.2 Å². The molecule has 1 aliphatic carbocycles. The maximum Gasteiger partial charge on any atom is 0.127 e. The SMILES string of the molecule is C=C/C=C/C1=CC[C@@](C)(C=O)C1(C)C. The van der Waals surface area contributed by atoms with Gasteiger partial charge in [0.25, 0.3) is 0 Å². The van der Waals surface area contributed by atoms with Crippen LogP contribution in [0, 0.1) is 10.8 Å². The first kappa shape index (κ1) is 11.0. The lowest BCUT2D eigenvalue weighted by Crippen LogP contribution is -2.33. The summed E-state index contributed by atoms with van der Waals surface area (Å²) in [6, 6.07) is 0. The summed E-state index contributed by atoms with van der Waals surface area (Å²) in [7, 11) is 0. The smallest absolute Gasteiger partial charge is 0.127 e. The molecule has 1 atom stereocenters. The monoisotopic (exact) mass is 190 g/mol. The lowest BCUT2D eigenvalue weighted by atomic mass is 9.67. The predicted octanol–water partition coefficient (Wildman–Crippen LogP) is 3.29. The molecule has 1 rings (SSSR count). The van der Waals surface area contributed by atoms with Crippen LogP contribution in [0.2, 0.25) is 0 Å². The first-order chi connectivity index (χ1) is 6.48. The number of hydrogen-bond donors (Lipinski definition) is 0. The number of hydrogen-bond acceptors (Lipinski definition) is 1. The Balaban J connectivity index is 2.99. The third kappa shape index (κ3) is 1.47. The molecule has 1 heteroatoms. The summed E-state index contributed by atoms with van der Waals surface area (Å²) in [6.45, 7) is 9.90. The van der Waals surface area contributed by atoms with E-state index in [1.165, 1.54) is 5.57 Å².